The van der Waals surface area contributed by atoms with Crippen LogP contribution in [-0.2, 0) is 14.3 Å². The highest BCUT2D eigenvalue weighted by Crippen LogP contribution is 2.30. The summed E-state index contributed by atoms with van der Waals surface area (Å²) in [6, 6.07) is 8.18. The number of nitrogens with one attached hydrogen (secondary N) is 1. The van der Waals surface area contributed by atoms with Crippen LogP contribution in [0.1, 0.15) is 33.2 Å². The van der Waals surface area contributed by atoms with E-state index in [0.29, 0.717) is 5.56 Å². The minimum absolute atomic E-state index is 0.0469. The molecule has 0 aliphatic heterocycles. The molecule has 170 valence electrons. The number of hydrogen-bond acceptors (Lipinski definition) is 7. The summed E-state index contributed by atoms with van der Waals surface area (Å²) in [4.78, 5) is 36.0. The van der Waals surface area contributed by atoms with E-state index in [1.54, 1.807) is 6.92 Å². The number of ether oxygens (including phenoxy) is 4. The van der Waals surface area contributed by atoms with Crippen LogP contribution >= 0.6 is 0 Å². The summed E-state index contributed by atoms with van der Waals surface area (Å²) < 4.78 is 44.0. The Kier molecular flexibility index (Phi) is 8.70. The molecule has 2 rings (SSSR count). The van der Waals surface area contributed by atoms with E-state index in [0.717, 1.165) is 0 Å². The predicted molar refractivity (Wildman–Crippen MR) is 111 cm³/mol. The van der Waals surface area contributed by atoms with Gasteiger partial charge in [0.05, 0.1) is 32.0 Å². The van der Waals surface area contributed by atoms with Gasteiger partial charge in [-0.05, 0) is 48.9 Å². The largest absolute Gasteiger partial charge is 0.490 e. The summed E-state index contributed by atoms with van der Waals surface area (Å²) >= 11 is 0. The highest BCUT2D eigenvalue weighted by atomic mass is 19.3. The van der Waals surface area contributed by atoms with Crippen LogP contribution in [0.3, 0.4) is 0 Å². The number of carbonyl (C=O) groups excluding carboxylic acids is 3. The maximum atomic E-state index is 12.5. The van der Waals surface area contributed by atoms with Crippen molar-refractivity contribution in [2.24, 2.45) is 0 Å². The van der Waals surface area contributed by atoms with Gasteiger partial charge in [-0.15, -0.1) is 0 Å². The third-order valence-electron chi connectivity index (χ3n) is 3.95. The Morgan fingerprint density at radius 1 is 0.969 bits per heavy atom. The van der Waals surface area contributed by atoms with Crippen molar-refractivity contribution in [1.82, 2.24) is 0 Å². The smallest absolute Gasteiger partial charge is 0.387 e. The Balaban J connectivity index is 2.22. The van der Waals surface area contributed by atoms with Crippen LogP contribution in [-0.4, -0.2) is 45.3 Å². The summed E-state index contributed by atoms with van der Waals surface area (Å²) in [6.45, 7) is -1.09. The van der Waals surface area contributed by atoms with Gasteiger partial charge in [0.1, 0.15) is 0 Å². The lowest BCUT2D eigenvalue weighted by molar-refractivity contribution is -0.111. The lowest BCUT2D eigenvalue weighted by Crippen LogP contribution is -2.12. The predicted octanol–water partition coefficient (Wildman–Crippen LogP) is 3.91. The van der Waals surface area contributed by atoms with Crippen molar-refractivity contribution >= 4 is 29.6 Å². The van der Waals surface area contributed by atoms with E-state index in [4.69, 9.17) is 4.74 Å². The number of methoxy groups -OCH3 is 2. The van der Waals surface area contributed by atoms with Crippen molar-refractivity contribution in [1.29, 1.82) is 0 Å². The number of hydrogen-bond donors (Lipinski definition) is 1. The lowest BCUT2D eigenvalue weighted by atomic mass is 10.1. The molecule has 0 atom stereocenters. The van der Waals surface area contributed by atoms with Crippen molar-refractivity contribution in [3.63, 3.8) is 0 Å². The van der Waals surface area contributed by atoms with Gasteiger partial charge in [0, 0.05) is 11.8 Å². The molecule has 2 aromatic carbocycles. The van der Waals surface area contributed by atoms with Crippen LogP contribution in [0.15, 0.2) is 42.5 Å². The van der Waals surface area contributed by atoms with Gasteiger partial charge in [0.25, 0.3) is 0 Å². The molecule has 0 unspecified atom stereocenters. The van der Waals surface area contributed by atoms with Crippen LogP contribution in [0.4, 0.5) is 14.5 Å². The number of esters is 2. The van der Waals surface area contributed by atoms with E-state index in [-0.39, 0.29) is 34.9 Å². The summed E-state index contributed by atoms with van der Waals surface area (Å²) in [7, 11) is 2.37. The molecule has 1 amide bonds. The van der Waals surface area contributed by atoms with Crippen LogP contribution in [0, 0.1) is 0 Å². The zero-order chi connectivity index (χ0) is 23.7. The van der Waals surface area contributed by atoms with E-state index >= 15 is 0 Å². The second-order valence-corrected chi connectivity index (χ2v) is 6.12. The average molecular weight is 449 g/mol. The second-order valence-electron chi connectivity index (χ2n) is 6.12. The summed E-state index contributed by atoms with van der Waals surface area (Å²) in [6.07, 6.45) is 2.61. The van der Waals surface area contributed by atoms with Crippen molar-refractivity contribution in [2.75, 3.05) is 26.1 Å². The Bertz CT molecular complexity index is 987. The third kappa shape index (κ3) is 6.79. The molecule has 10 heteroatoms. The standard InChI is InChI=1S/C22H21F2NO7/c1-4-31-18-9-13(5-7-17(18)32-22(23)24)6-8-19(26)25-16-11-14(20(27)29-2)10-15(12-16)21(28)30-3/h5-12,22H,4H2,1-3H3,(H,25,26)/b8-6-. The van der Waals surface area contributed by atoms with Crippen LogP contribution in [0.5, 0.6) is 11.5 Å². The molecule has 1 N–H and O–H groups in total. The molecule has 0 radical (unpaired) electrons. The number of rotatable bonds is 9. The molecule has 0 aromatic heterocycles. The number of benzene rings is 2. The molecular weight excluding hydrogens is 428 g/mol. The van der Waals surface area contributed by atoms with Gasteiger partial charge in [-0.3, -0.25) is 4.79 Å². The maximum absolute atomic E-state index is 12.5. The Hall–Kier alpha value is -3.95. The minimum atomic E-state index is -3.00. The van der Waals surface area contributed by atoms with Gasteiger partial charge in [0.15, 0.2) is 11.5 Å². The fourth-order valence-electron chi connectivity index (χ4n) is 2.62. The number of anilines is 1. The molecule has 2 aromatic rings. The number of amides is 1. The van der Waals surface area contributed by atoms with Gasteiger partial charge in [-0.25, -0.2) is 9.59 Å². The van der Waals surface area contributed by atoms with Crippen molar-refractivity contribution in [3.8, 4) is 11.5 Å². The first-order valence-corrected chi connectivity index (χ1v) is 9.29. The fourth-order valence-corrected chi connectivity index (χ4v) is 2.62. The minimum Gasteiger partial charge on any atom is -0.490 e. The van der Waals surface area contributed by atoms with Crippen LogP contribution in [0.25, 0.3) is 6.08 Å². The molecule has 0 fully saturated rings. The van der Waals surface area contributed by atoms with Crippen molar-refractivity contribution in [3.05, 3.63) is 59.2 Å². The van der Waals surface area contributed by atoms with E-state index in [2.05, 4.69) is 19.5 Å². The molecule has 32 heavy (non-hydrogen) atoms. The van der Waals surface area contributed by atoms with Gasteiger partial charge < -0.3 is 24.3 Å². The number of halogens is 2. The van der Waals surface area contributed by atoms with Crippen molar-refractivity contribution in [2.45, 2.75) is 13.5 Å². The highest BCUT2D eigenvalue weighted by molar-refractivity contribution is 6.04. The van der Waals surface area contributed by atoms with Gasteiger partial charge in [-0.2, -0.15) is 8.78 Å². The third-order valence-corrected chi connectivity index (χ3v) is 3.95. The summed E-state index contributed by atoms with van der Waals surface area (Å²) in [5, 5.41) is 2.53. The molecule has 0 heterocycles. The first kappa shape index (κ1) is 24.3. The number of alkyl halides is 2. The van der Waals surface area contributed by atoms with Gasteiger partial charge >= 0.3 is 18.6 Å². The SMILES string of the molecule is CCOc1cc(/C=C\C(=O)Nc2cc(C(=O)OC)cc(C(=O)OC)c2)ccc1OC(F)F. The number of carbonyl (C=O) groups is 3. The van der Waals surface area contributed by atoms with Gasteiger partial charge in [-0.1, -0.05) is 6.07 Å². The van der Waals surface area contributed by atoms with Gasteiger partial charge in [0.2, 0.25) is 5.91 Å². The average Bonchev–Trinajstić information content (AvgIpc) is 2.77. The summed E-state index contributed by atoms with van der Waals surface area (Å²) in [5.41, 5.74) is 0.749. The lowest BCUT2D eigenvalue weighted by Gasteiger charge is -2.11. The molecular formula is C22H21F2NO7. The molecule has 0 aliphatic rings. The first-order valence-electron chi connectivity index (χ1n) is 9.29. The fraction of sp³-hybridized carbons (Fsp3) is 0.227. The molecule has 0 saturated heterocycles. The Morgan fingerprint density at radius 3 is 2.12 bits per heavy atom. The van der Waals surface area contributed by atoms with Crippen molar-refractivity contribution < 1.29 is 42.1 Å². The molecule has 8 nitrogen and oxygen atoms in total. The maximum Gasteiger partial charge on any atom is 0.387 e. The van der Waals surface area contributed by atoms with E-state index in [9.17, 15) is 23.2 Å². The topological polar surface area (TPSA) is 100 Å². The zero-order valence-corrected chi connectivity index (χ0v) is 17.5. The van der Waals surface area contributed by atoms with E-state index in [1.165, 1.54) is 62.8 Å². The monoisotopic (exact) mass is 449 g/mol. The summed E-state index contributed by atoms with van der Waals surface area (Å²) in [5.74, 6) is -2.00. The van der Waals surface area contributed by atoms with E-state index < -0.39 is 24.5 Å². The molecule has 0 aliphatic carbocycles. The van der Waals surface area contributed by atoms with E-state index in [1.807, 2.05) is 0 Å². The quantitative estimate of drug-likeness (QED) is 0.458. The first-order chi connectivity index (χ1) is 15.3. The Morgan fingerprint density at radius 2 is 1.59 bits per heavy atom. The Labute approximate surface area is 182 Å². The highest BCUT2D eigenvalue weighted by Gasteiger charge is 2.15. The zero-order valence-electron chi connectivity index (χ0n) is 17.5. The second kappa shape index (κ2) is 11.4. The molecule has 0 spiro atoms. The van der Waals surface area contributed by atoms with Crippen LogP contribution in [0.2, 0.25) is 0 Å². The molecule has 0 saturated carbocycles. The van der Waals surface area contributed by atoms with Crippen LogP contribution < -0.4 is 14.8 Å². The normalized spacial score (nSPS) is 10.7. The molecule has 0 bridgehead atoms.